The number of benzene rings is 1. The van der Waals surface area contributed by atoms with Gasteiger partial charge in [-0.15, -0.1) is 0 Å². The molecule has 0 aliphatic rings. The van der Waals surface area contributed by atoms with Gasteiger partial charge in [-0.3, -0.25) is 4.79 Å². The predicted octanol–water partition coefficient (Wildman–Crippen LogP) is 4.36. The van der Waals surface area contributed by atoms with Gasteiger partial charge in [0.25, 0.3) is 0 Å². The molecular weight excluding hydrogens is 380 g/mol. The van der Waals surface area contributed by atoms with Crippen molar-refractivity contribution in [3.63, 3.8) is 0 Å². The average Bonchev–Trinajstić information content (AvgIpc) is 2.73. The summed E-state index contributed by atoms with van der Waals surface area (Å²) < 4.78 is 10.8. The summed E-state index contributed by atoms with van der Waals surface area (Å²) in [4.78, 5) is 24.3. The van der Waals surface area contributed by atoms with E-state index in [2.05, 4.69) is 31.3 Å². The first-order valence-electron chi connectivity index (χ1n) is 10.9. The minimum absolute atomic E-state index is 0.0248. The van der Waals surface area contributed by atoms with Crippen LogP contribution in [0.5, 0.6) is 11.5 Å². The minimum Gasteiger partial charge on any atom is -0.493 e. The fraction of sp³-hybridized carbons (Fsp3) is 0.583. The van der Waals surface area contributed by atoms with E-state index < -0.39 is 12.0 Å². The van der Waals surface area contributed by atoms with Gasteiger partial charge in [0.05, 0.1) is 7.11 Å². The molecular formula is C24H38N2O4. The van der Waals surface area contributed by atoms with E-state index in [1.807, 2.05) is 13.8 Å². The molecule has 0 aliphatic carbocycles. The number of allylic oxidation sites excluding steroid dienone is 2. The number of unbranched alkanes of at least 4 members (excludes halogenated alkanes) is 2. The summed E-state index contributed by atoms with van der Waals surface area (Å²) in [7, 11) is 1.51. The third kappa shape index (κ3) is 9.44. The molecule has 6 heteroatoms. The van der Waals surface area contributed by atoms with Gasteiger partial charge >= 0.3 is 5.97 Å². The Morgan fingerprint density at radius 2 is 1.90 bits per heavy atom. The maximum absolute atomic E-state index is 12.2. The van der Waals surface area contributed by atoms with E-state index in [1.54, 1.807) is 18.2 Å². The summed E-state index contributed by atoms with van der Waals surface area (Å²) in [6.45, 7) is 8.58. The van der Waals surface area contributed by atoms with Gasteiger partial charge < -0.3 is 20.5 Å². The van der Waals surface area contributed by atoms with Crippen LogP contribution in [0.25, 0.3) is 0 Å². The number of amides is 1. The van der Waals surface area contributed by atoms with Gasteiger partial charge in [-0.25, -0.2) is 4.79 Å². The summed E-state index contributed by atoms with van der Waals surface area (Å²) in [5.41, 5.74) is 6.80. The summed E-state index contributed by atoms with van der Waals surface area (Å²) in [5, 5.41) is 2.92. The topological polar surface area (TPSA) is 90.7 Å². The highest BCUT2D eigenvalue weighted by Crippen LogP contribution is 2.28. The lowest BCUT2D eigenvalue weighted by Crippen LogP contribution is -2.39. The van der Waals surface area contributed by atoms with E-state index >= 15 is 0 Å². The Kier molecular flexibility index (Phi) is 11.8. The molecule has 0 bridgehead atoms. The molecule has 0 saturated heterocycles. The second-order valence-electron chi connectivity index (χ2n) is 8.01. The molecule has 0 spiro atoms. The number of ether oxygens (including phenoxy) is 2. The van der Waals surface area contributed by atoms with Crippen LogP contribution in [0.1, 0.15) is 65.4 Å². The lowest BCUT2D eigenvalue weighted by Gasteiger charge is -2.18. The average molecular weight is 419 g/mol. The second-order valence-corrected chi connectivity index (χ2v) is 8.01. The van der Waals surface area contributed by atoms with Gasteiger partial charge in [-0.2, -0.15) is 0 Å². The standard InChI is InChI=1S/C24H38N2O4/c1-6-18(4)23(25)24(28)30-20-14-13-19(15-21(20)29-5)16-26-22(27)12-10-8-7-9-11-17(2)3/h9,11,13-15,17-18,23H,6-8,10,12,16,25H2,1-5H3,(H,26,27)/b11-9+/t18-,23-/m0/s1. The maximum atomic E-state index is 12.2. The van der Waals surface area contributed by atoms with Crippen molar-refractivity contribution in [3.8, 4) is 11.5 Å². The summed E-state index contributed by atoms with van der Waals surface area (Å²) in [5.74, 6) is 0.902. The van der Waals surface area contributed by atoms with Crippen molar-refractivity contribution >= 4 is 11.9 Å². The first kappa shape index (κ1) is 25.7. The molecule has 0 radical (unpaired) electrons. The Morgan fingerprint density at radius 3 is 2.53 bits per heavy atom. The highest BCUT2D eigenvalue weighted by molar-refractivity contribution is 5.79. The third-order valence-electron chi connectivity index (χ3n) is 5.00. The summed E-state index contributed by atoms with van der Waals surface area (Å²) in [6, 6.07) is 4.55. The molecule has 168 valence electrons. The zero-order valence-corrected chi connectivity index (χ0v) is 19.1. The Bertz CT molecular complexity index is 700. The molecule has 30 heavy (non-hydrogen) atoms. The van der Waals surface area contributed by atoms with Crippen molar-refractivity contribution in [2.45, 2.75) is 72.4 Å². The number of nitrogens with two attached hydrogens (primary N) is 1. The fourth-order valence-electron chi connectivity index (χ4n) is 2.77. The van der Waals surface area contributed by atoms with Crippen LogP contribution in [0.3, 0.4) is 0 Å². The molecule has 3 N–H and O–H groups in total. The van der Waals surface area contributed by atoms with E-state index in [0.717, 1.165) is 31.2 Å². The normalized spacial score (nSPS) is 13.3. The number of carbonyl (C=O) groups is 2. The number of nitrogens with one attached hydrogen (secondary N) is 1. The number of rotatable bonds is 13. The van der Waals surface area contributed by atoms with E-state index in [9.17, 15) is 9.59 Å². The Morgan fingerprint density at radius 1 is 1.17 bits per heavy atom. The van der Waals surface area contributed by atoms with Crippen LogP contribution in [0.4, 0.5) is 0 Å². The SMILES string of the molecule is CC[C@H](C)[C@H](N)C(=O)Oc1ccc(CNC(=O)CCCC/C=C/C(C)C)cc1OC. The second kappa shape index (κ2) is 13.8. The van der Waals surface area contributed by atoms with Crippen LogP contribution in [-0.4, -0.2) is 25.0 Å². The van der Waals surface area contributed by atoms with Crippen molar-refractivity contribution in [2.24, 2.45) is 17.6 Å². The Hall–Kier alpha value is -2.34. The molecule has 0 aromatic heterocycles. The molecule has 0 heterocycles. The molecule has 0 aliphatic heterocycles. The van der Waals surface area contributed by atoms with Crippen molar-refractivity contribution in [1.82, 2.24) is 5.32 Å². The van der Waals surface area contributed by atoms with Crippen molar-refractivity contribution in [1.29, 1.82) is 0 Å². The monoisotopic (exact) mass is 418 g/mol. The van der Waals surface area contributed by atoms with Gasteiger partial charge in [0.1, 0.15) is 6.04 Å². The largest absolute Gasteiger partial charge is 0.493 e. The van der Waals surface area contributed by atoms with Crippen molar-refractivity contribution in [3.05, 3.63) is 35.9 Å². The highest BCUT2D eigenvalue weighted by atomic mass is 16.6. The smallest absolute Gasteiger partial charge is 0.328 e. The van der Waals surface area contributed by atoms with Crippen LogP contribution >= 0.6 is 0 Å². The molecule has 1 amide bonds. The van der Waals surface area contributed by atoms with E-state index in [0.29, 0.717) is 30.4 Å². The Labute approximate surface area is 181 Å². The van der Waals surface area contributed by atoms with Crippen molar-refractivity contribution in [2.75, 3.05) is 7.11 Å². The van der Waals surface area contributed by atoms with E-state index in [1.165, 1.54) is 7.11 Å². The van der Waals surface area contributed by atoms with Crippen LogP contribution < -0.4 is 20.5 Å². The van der Waals surface area contributed by atoms with Crippen molar-refractivity contribution < 1.29 is 19.1 Å². The first-order valence-corrected chi connectivity index (χ1v) is 10.9. The zero-order chi connectivity index (χ0) is 22.5. The minimum atomic E-state index is -0.681. The third-order valence-corrected chi connectivity index (χ3v) is 5.00. The van der Waals surface area contributed by atoms with Gasteiger partial charge in [-0.05, 0) is 48.8 Å². The van der Waals surface area contributed by atoms with E-state index in [-0.39, 0.29) is 11.8 Å². The van der Waals surface area contributed by atoms with Crippen LogP contribution in [-0.2, 0) is 16.1 Å². The molecule has 1 aromatic carbocycles. The molecule has 6 nitrogen and oxygen atoms in total. The zero-order valence-electron chi connectivity index (χ0n) is 19.1. The molecule has 0 saturated carbocycles. The maximum Gasteiger partial charge on any atom is 0.328 e. The highest BCUT2D eigenvalue weighted by Gasteiger charge is 2.22. The quantitative estimate of drug-likeness (QED) is 0.215. The summed E-state index contributed by atoms with van der Waals surface area (Å²) >= 11 is 0. The number of esters is 1. The Balaban J connectivity index is 2.50. The van der Waals surface area contributed by atoms with Gasteiger partial charge in [-0.1, -0.05) is 52.3 Å². The fourth-order valence-corrected chi connectivity index (χ4v) is 2.77. The van der Waals surface area contributed by atoms with Gasteiger partial charge in [0.15, 0.2) is 11.5 Å². The molecule has 1 rings (SSSR count). The number of carbonyl (C=O) groups excluding carboxylic acids is 2. The van der Waals surface area contributed by atoms with Crippen LogP contribution in [0.2, 0.25) is 0 Å². The predicted molar refractivity (Wildman–Crippen MR) is 120 cm³/mol. The molecule has 0 fully saturated rings. The summed E-state index contributed by atoms with van der Waals surface area (Å²) in [6.07, 6.45) is 8.54. The molecule has 0 unspecified atom stereocenters. The van der Waals surface area contributed by atoms with Gasteiger partial charge in [0, 0.05) is 13.0 Å². The lowest BCUT2D eigenvalue weighted by atomic mass is 10.0. The molecule has 2 atom stereocenters. The van der Waals surface area contributed by atoms with Crippen LogP contribution in [0.15, 0.2) is 30.4 Å². The first-order chi connectivity index (χ1) is 14.3. The van der Waals surface area contributed by atoms with Gasteiger partial charge in [0.2, 0.25) is 5.91 Å². The number of methoxy groups -OCH3 is 1. The molecule has 1 aromatic rings. The number of hydrogen-bond acceptors (Lipinski definition) is 5. The van der Waals surface area contributed by atoms with Crippen LogP contribution in [0, 0.1) is 11.8 Å². The number of hydrogen-bond donors (Lipinski definition) is 2. The lowest BCUT2D eigenvalue weighted by molar-refractivity contribution is -0.137. The van der Waals surface area contributed by atoms with E-state index in [4.69, 9.17) is 15.2 Å².